The van der Waals surface area contributed by atoms with Crippen molar-refractivity contribution < 1.29 is 18.7 Å². The molecule has 3 rings (SSSR count). The van der Waals surface area contributed by atoms with E-state index in [1.54, 1.807) is 24.3 Å². The number of halogens is 1. The molecule has 1 atom stereocenters. The molecule has 140 valence electrons. The Balaban J connectivity index is 0.00000243. The maximum Gasteiger partial charge on any atom is 0.291 e. The number of nitrogens with one attached hydrogen (secondary N) is 3. The van der Waals surface area contributed by atoms with Crippen molar-refractivity contribution in [1.29, 1.82) is 0 Å². The van der Waals surface area contributed by atoms with E-state index in [0.717, 1.165) is 12.1 Å². The number of ether oxygens (including phenoxy) is 1. The van der Waals surface area contributed by atoms with Crippen molar-refractivity contribution in [3.63, 3.8) is 0 Å². The summed E-state index contributed by atoms with van der Waals surface area (Å²) in [6, 6.07) is 10.6. The molecule has 0 bridgehead atoms. The van der Waals surface area contributed by atoms with Gasteiger partial charge in [0.1, 0.15) is 0 Å². The normalized spacial score (nSPS) is 16.4. The summed E-state index contributed by atoms with van der Waals surface area (Å²) < 4.78 is 10.4. The molecule has 0 saturated carbocycles. The maximum atomic E-state index is 12.0. The Kier molecular flexibility index (Phi) is 7.65. The number of hydrogen-bond acceptors (Lipinski definition) is 5. The number of anilines is 1. The summed E-state index contributed by atoms with van der Waals surface area (Å²) in [5.41, 5.74) is 1.62. The predicted molar refractivity (Wildman–Crippen MR) is 99.4 cm³/mol. The van der Waals surface area contributed by atoms with Crippen molar-refractivity contribution in [2.75, 3.05) is 25.1 Å². The standard InChI is InChI=1S/C18H21N3O4.ClH/c22-17(10-15-12-24-9-7-19-15)20-11-13-3-5-14(6-4-13)21-18(23)16-2-1-8-25-16;/h1-6,8,15,19H,7,9-12H2,(H,20,22)(H,21,23);1H. The van der Waals surface area contributed by atoms with Crippen LogP contribution in [0.2, 0.25) is 0 Å². The van der Waals surface area contributed by atoms with Gasteiger partial charge in [-0.05, 0) is 29.8 Å². The first kappa shape index (κ1) is 20.0. The van der Waals surface area contributed by atoms with Crippen LogP contribution in [0.4, 0.5) is 5.69 Å². The van der Waals surface area contributed by atoms with Crippen molar-refractivity contribution in [3.8, 4) is 0 Å². The molecule has 2 heterocycles. The van der Waals surface area contributed by atoms with Crippen LogP contribution in [0.5, 0.6) is 0 Å². The van der Waals surface area contributed by atoms with Crippen molar-refractivity contribution >= 4 is 29.9 Å². The molecule has 2 aromatic rings. The van der Waals surface area contributed by atoms with Crippen molar-refractivity contribution in [2.24, 2.45) is 0 Å². The number of rotatable bonds is 6. The molecule has 1 aliphatic rings. The highest BCUT2D eigenvalue weighted by Crippen LogP contribution is 2.12. The van der Waals surface area contributed by atoms with Gasteiger partial charge in [-0.15, -0.1) is 12.4 Å². The fourth-order valence-electron chi connectivity index (χ4n) is 2.55. The number of carbonyl (C=O) groups excluding carboxylic acids is 2. The molecule has 0 spiro atoms. The molecular weight excluding hydrogens is 358 g/mol. The fraction of sp³-hybridized carbons (Fsp3) is 0.333. The van der Waals surface area contributed by atoms with Crippen LogP contribution in [0.3, 0.4) is 0 Å². The zero-order valence-electron chi connectivity index (χ0n) is 14.2. The Bertz CT molecular complexity index is 698. The molecule has 7 nitrogen and oxygen atoms in total. The van der Waals surface area contributed by atoms with Crippen LogP contribution < -0.4 is 16.0 Å². The van der Waals surface area contributed by atoms with E-state index < -0.39 is 0 Å². The Labute approximate surface area is 157 Å². The van der Waals surface area contributed by atoms with Crippen molar-refractivity contribution in [2.45, 2.75) is 19.0 Å². The third kappa shape index (κ3) is 5.87. The highest BCUT2D eigenvalue weighted by Gasteiger charge is 2.16. The molecule has 2 amide bonds. The number of hydrogen-bond donors (Lipinski definition) is 3. The maximum absolute atomic E-state index is 12.0. The second-order valence-electron chi connectivity index (χ2n) is 5.84. The van der Waals surface area contributed by atoms with Gasteiger partial charge in [0.25, 0.3) is 5.91 Å². The van der Waals surface area contributed by atoms with Crippen LogP contribution in [0.15, 0.2) is 47.1 Å². The summed E-state index contributed by atoms with van der Waals surface area (Å²) in [6.45, 7) is 2.49. The van der Waals surface area contributed by atoms with Crippen molar-refractivity contribution in [1.82, 2.24) is 10.6 Å². The summed E-state index contributed by atoms with van der Waals surface area (Å²) in [6.07, 6.45) is 1.85. The van der Waals surface area contributed by atoms with Gasteiger partial charge >= 0.3 is 0 Å². The van der Waals surface area contributed by atoms with Gasteiger partial charge in [0.15, 0.2) is 5.76 Å². The van der Waals surface area contributed by atoms with Crippen molar-refractivity contribution in [3.05, 3.63) is 54.0 Å². The first-order valence-electron chi connectivity index (χ1n) is 8.22. The Morgan fingerprint density at radius 1 is 1.19 bits per heavy atom. The number of morpholine rings is 1. The van der Waals surface area contributed by atoms with Crippen LogP contribution >= 0.6 is 12.4 Å². The molecule has 26 heavy (non-hydrogen) atoms. The van der Waals surface area contributed by atoms with Crippen LogP contribution in [-0.2, 0) is 16.1 Å². The molecule has 0 radical (unpaired) electrons. The van der Waals surface area contributed by atoms with Gasteiger partial charge in [0.2, 0.25) is 5.91 Å². The average molecular weight is 380 g/mol. The lowest BCUT2D eigenvalue weighted by Crippen LogP contribution is -2.44. The Hall–Kier alpha value is -2.35. The van der Waals surface area contributed by atoms with E-state index in [-0.39, 0.29) is 36.0 Å². The van der Waals surface area contributed by atoms with E-state index in [1.807, 2.05) is 12.1 Å². The molecule has 1 aliphatic heterocycles. The smallest absolute Gasteiger partial charge is 0.291 e. The fourth-order valence-corrected chi connectivity index (χ4v) is 2.55. The van der Waals surface area contributed by atoms with Gasteiger partial charge < -0.3 is 25.1 Å². The zero-order chi connectivity index (χ0) is 17.5. The van der Waals surface area contributed by atoms with Gasteiger partial charge in [-0.2, -0.15) is 0 Å². The largest absolute Gasteiger partial charge is 0.459 e. The zero-order valence-corrected chi connectivity index (χ0v) is 15.0. The molecule has 0 aliphatic carbocycles. The Morgan fingerprint density at radius 3 is 2.65 bits per heavy atom. The highest BCUT2D eigenvalue weighted by atomic mass is 35.5. The molecular formula is C18H22ClN3O4. The summed E-state index contributed by atoms with van der Waals surface area (Å²) in [7, 11) is 0. The van der Waals surface area contributed by atoms with Gasteiger partial charge in [0, 0.05) is 31.2 Å². The van der Waals surface area contributed by atoms with Crippen LogP contribution in [0, 0.1) is 0 Å². The number of furan rings is 1. The van der Waals surface area contributed by atoms with E-state index in [1.165, 1.54) is 6.26 Å². The van der Waals surface area contributed by atoms with E-state index in [0.29, 0.717) is 31.9 Å². The first-order valence-corrected chi connectivity index (χ1v) is 8.22. The minimum absolute atomic E-state index is 0. The number of amides is 2. The van der Waals surface area contributed by atoms with Gasteiger partial charge in [-0.25, -0.2) is 0 Å². The third-order valence-electron chi connectivity index (χ3n) is 3.88. The Morgan fingerprint density at radius 2 is 2.00 bits per heavy atom. The SMILES string of the molecule is Cl.O=C(CC1COCCN1)NCc1ccc(NC(=O)c2ccco2)cc1. The number of carbonyl (C=O) groups is 2. The summed E-state index contributed by atoms with van der Waals surface area (Å²) in [5, 5.41) is 8.89. The topological polar surface area (TPSA) is 92.6 Å². The van der Waals surface area contributed by atoms with E-state index in [9.17, 15) is 9.59 Å². The molecule has 1 fully saturated rings. The van der Waals surface area contributed by atoms with E-state index in [4.69, 9.17) is 9.15 Å². The highest BCUT2D eigenvalue weighted by molar-refractivity contribution is 6.02. The molecule has 8 heteroatoms. The second kappa shape index (κ2) is 9.96. The summed E-state index contributed by atoms with van der Waals surface area (Å²) in [4.78, 5) is 23.8. The molecule has 1 unspecified atom stereocenters. The lowest BCUT2D eigenvalue weighted by molar-refractivity contribution is -0.122. The predicted octanol–water partition coefficient (Wildman–Crippen LogP) is 1.95. The summed E-state index contributed by atoms with van der Waals surface area (Å²) in [5.74, 6) is -0.0527. The number of benzene rings is 1. The minimum atomic E-state index is -0.298. The second-order valence-corrected chi connectivity index (χ2v) is 5.84. The quantitative estimate of drug-likeness (QED) is 0.713. The lowest BCUT2D eigenvalue weighted by Gasteiger charge is -2.23. The molecule has 3 N–H and O–H groups in total. The third-order valence-corrected chi connectivity index (χ3v) is 3.88. The molecule has 1 saturated heterocycles. The van der Waals surface area contributed by atoms with Gasteiger partial charge in [-0.3, -0.25) is 9.59 Å². The molecule has 1 aromatic heterocycles. The van der Waals surface area contributed by atoms with Gasteiger partial charge in [0.05, 0.1) is 19.5 Å². The van der Waals surface area contributed by atoms with E-state index >= 15 is 0 Å². The monoisotopic (exact) mass is 379 g/mol. The van der Waals surface area contributed by atoms with E-state index in [2.05, 4.69) is 16.0 Å². The lowest BCUT2D eigenvalue weighted by atomic mass is 10.1. The molecule has 1 aromatic carbocycles. The van der Waals surface area contributed by atoms with Crippen LogP contribution in [-0.4, -0.2) is 37.6 Å². The van der Waals surface area contributed by atoms with Gasteiger partial charge in [-0.1, -0.05) is 12.1 Å². The summed E-state index contributed by atoms with van der Waals surface area (Å²) >= 11 is 0. The minimum Gasteiger partial charge on any atom is -0.459 e. The first-order chi connectivity index (χ1) is 12.2. The van der Waals surface area contributed by atoms with Crippen LogP contribution in [0.25, 0.3) is 0 Å². The average Bonchev–Trinajstić information content (AvgIpc) is 3.17. The van der Waals surface area contributed by atoms with Crippen LogP contribution in [0.1, 0.15) is 22.5 Å².